The third-order valence-electron chi connectivity index (χ3n) is 1.34. The molecule has 1 aliphatic heterocycles. The van der Waals surface area contributed by atoms with Gasteiger partial charge in [0.15, 0.2) is 5.90 Å². The van der Waals surface area contributed by atoms with E-state index in [2.05, 4.69) is 4.40 Å². The molecule has 0 saturated carbocycles. The van der Waals surface area contributed by atoms with Crippen LogP contribution in [0.4, 0.5) is 0 Å². The molecule has 14 heavy (non-hydrogen) atoms. The van der Waals surface area contributed by atoms with Gasteiger partial charge in [-0.3, -0.25) is 0 Å². The number of rotatable bonds is 0. The van der Waals surface area contributed by atoms with E-state index in [1.165, 1.54) is 0 Å². The third kappa shape index (κ3) is 2.29. The average molecular weight is 338 g/mol. The van der Waals surface area contributed by atoms with E-state index in [9.17, 15) is 0 Å². The van der Waals surface area contributed by atoms with Crippen LogP contribution in [0.2, 0.25) is 0 Å². The van der Waals surface area contributed by atoms with Gasteiger partial charge in [-0.2, -0.15) is 4.40 Å². The normalized spacial score (nSPS) is 21.8. The summed E-state index contributed by atoms with van der Waals surface area (Å²) in [5.74, 6) is 0.285. The second-order valence-electron chi connectivity index (χ2n) is 2.42. The van der Waals surface area contributed by atoms with Crippen LogP contribution in [0.25, 0.3) is 0 Å². The second-order valence-corrected chi connectivity index (χ2v) is 7.92. The summed E-state index contributed by atoms with van der Waals surface area (Å²) in [5, 5.41) is 0. The predicted molar refractivity (Wildman–Crippen MR) is 65.1 cm³/mol. The maximum absolute atomic E-state index is 5.70. The molecule has 0 fully saturated rings. The van der Waals surface area contributed by atoms with E-state index in [0.717, 1.165) is 11.9 Å². The fraction of sp³-hybridized carbons (Fsp3) is 0.800. The number of ether oxygens (including phenoxy) is 1. The molecule has 82 valence electrons. The summed E-state index contributed by atoms with van der Waals surface area (Å²) >= 11 is 35.0. The minimum Gasteiger partial charge on any atom is -0.452 e. The van der Waals surface area contributed by atoms with E-state index in [1.807, 2.05) is 0 Å². The Bertz CT molecular complexity index is 254. The summed E-state index contributed by atoms with van der Waals surface area (Å²) in [5.41, 5.74) is 0. The molecular formula is C5H3Cl6NOS. The monoisotopic (exact) mass is 335 g/mol. The summed E-state index contributed by atoms with van der Waals surface area (Å²) in [4.78, 5) is -1.65. The molecule has 0 saturated heterocycles. The lowest BCUT2D eigenvalue weighted by molar-refractivity contribution is 0.167. The Morgan fingerprint density at radius 1 is 1.14 bits per heavy atom. The minimum absolute atomic E-state index is 0.285. The Balaban J connectivity index is 3.08. The van der Waals surface area contributed by atoms with Gasteiger partial charge in [-0.25, -0.2) is 0 Å². The van der Waals surface area contributed by atoms with Crippen LogP contribution in [0.1, 0.15) is 6.92 Å². The van der Waals surface area contributed by atoms with Crippen molar-refractivity contribution in [3.05, 3.63) is 0 Å². The van der Waals surface area contributed by atoms with E-state index in [0.29, 0.717) is 0 Å². The minimum atomic E-state index is -1.91. The summed E-state index contributed by atoms with van der Waals surface area (Å²) in [6.07, 6.45) is 0. The molecule has 1 rings (SSSR count). The zero-order valence-corrected chi connectivity index (χ0v) is 11.9. The van der Waals surface area contributed by atoms with Gasteiger partial charge < -0.3 is 4.74 Å². The van der Waals surface area contributed by atoms with Crippen molar-refractivity contribution in [3.8, 4) is 0 Å². The smallest absolute Gasteiger partial charge is 0.269 e. The molecule has 1 heterocycles. The summed E-state index contributed by atoms with van der Waals surface area (Å²) < 4.78 is 5.20. The van der Waals surface area contributed by atoms with Crippen LogP contribution in [0.15, 0.2) is 4.40 Å². The summed E-state index contributed by atoms with van der Waals surface area (Å²) in [7, 11) is 0. The van der Waals surface area contributed by atoms with Gasteiger partial charge >= 0.3 is 0 Å². The van der Waals surface area contributed by atoms with Gasteiger partial charge in [0.05, 0.1) is 0 Å². The van der Waals surface area contributed by atoms with Crippen LogP contribution in [0.5, 0.6) is 0 Å². The number of hydrogen-bond acceptors (Lipinski definition) is 3. The molecule has 2 nitrogen and oxygen atoms in total. The molecule has 0 aromatic carbocycles. The highest BCUT2D eigenvalue weighted by Crippen LogP contribution is 2.61. The molecule has 0 atom stereocenters. The molecule has 0 bridgehead atoms. The number of nitrogens with zero attached hydrogens (tertiary/aromatic N) is 1. The highest BCUT2D eigenvalue weighted by Gasteiger charge is 2.67. The van der Waals surface area contributed by atoms with Gasteiger partial charge in [0.2, 0.25) is 7.59 Å². The molecule has 0 amide bonds. The molecule has 0 aliphatic carbocycles. The number of hydrogen-bond donors (Lipinski definition) is 0. The first-order valence-corrected chi connectivity index (χ1v) is 6.19. The Kier molecular flexibility index (Phi) is 3.99. The van der Waals surface area contributed by atoms with Gasteiger partial charge in [0.25, 0.3) is 4.93 Å². The molecule has 9 heteroatoms. The van der Waals surface area contributed by atoms with Crippen molar-refractivity contribution in [2.45, 2.75) is 19.4 Å². The lowest BCUT2D eigenvalue weighted by Gasteiger charge is -2.37. The highest BCUT2D eigenvalue weighted by atomic mass is 35.6. The highest BCUT2D eigenvalue weighted by molar-refractivity contribution is 8.00. The lowest BCUT2D eigenvalue weighted by atomic mass is 10.4. The molecule has 0 aromatic heterocycles. The SMILES string of the molecule is CC1=NSC(C(Cl)(Cl)Cl)(C(Cl)(Cl)Cl)O1. The van der Waals surface area contributed by atoms with Gasteiger partial charge in [0.1, 0.15) is 0 Å². The Morgan fingerprint density at radius 3 is 1.71 bits per heavy atom. The van der Waals surface area contributed by atoms with Crippen molar-refractivity contribution in [1.82, 2.24) is 0 Å². The molecular weight excluding hydrogens is 335 g/mol. The standard InChI is InChI=1S/C5H3Cl6NOS/c1-2-12-14-3(13-2,4(6,7)8)5(9,10)11/h1H3. The molecule has 0 aromatic rings. The van der Waals surface area contributed by atoms with Crippen molar-refractivity contribution in [3.63, 3.8) is 0 Å². The van der Waals surface area contributed by atoms with E-state index < -0.39 is 12.5 Å². The quantitative estimate of drug-likeness (QED) is 0.479. The van der Waals surface area contributed by atoms with Crippen LogP contribution in [0.3, 0.4) is 0 Å². The molecule has 1 aliphatic rings. The van der Waals surface area contributed by atoms with E-state index in [-0.39, 0.29) is 5.90 Å². The van der Waals surface area contributed by atoms with Crippen LogP contribution in [-0.2, 0) is 4.74 Å². The Hall–Kier alpha value is 1.56. The van der Waals surface area contributed by atoms with Crippen LogP contribution in [0, 0.1) is 0 Å². The van der Waals surface area contributed by atoms with Gasteiger partial charge in [-0.05, 0) is 0 Å². The number of alkyl halides is 6. The van der Waals surface area contributed by atoms with Crippen LogP contribution in [-0.4, -0.2) is 18.4 Å². The predicted octanol–water partition coefficient (Wildman–Crippen LogP) is 4.52. The Morgan fingerprint density at radius 2 is 1.57 bits per heavy atom. The third-order valence-corrected chi connectivity index (χ3v) is 4.91. The van der Waals surface area contributed by atoms with E-state index in [1.54, 1.807) is 6.92 Å². The maximum atomic E-state index is 5.70. The first-order chi connectivity index (χ1) is 6.10. The zero-order valence-electron chi connectivity index (χ0n) is 6.53. The Labute approximate surface area is 115 Å². The molecule has 0 unspecified atom stereocenters. The summed E-state index contributed by atoms with van der Waals surface area (Å²) in [6.45, 7) is 1.57. The topological polar surface area (TPSA) is 21.6 Å². The fourth-order valence-corrected chi connectivity index (χ4v) is 3.55. The molecule has 0 radical (unpaired) electrons. The van der Waals surface area contributed by atoms with E-state index in [4.69, 9.17) is 74.3 Å². The van der Waals surface area contributed by atoms with E-state index >= 15 is 0 Å². The first-order valence-electron chi connectivity index (χ1n) is 3.15. The van der Waals surface area contributed by atoms with Gasteiger partial charge in [0, 0.05) is 18.9 Å². The van der Waals surface area contributed by atoms with Crippen LogP contribution < -0.4 is 0 Å². The van der Waals surface area contributed by atoms with Gasteiger partial charge in [-0.15, -0.1) is 0 Å². The van der Waals surface area contributed by atoms with Crippen molar-refractivity contribution >= 4 is 87.5 Å². The fourth-order valence-electron chi connectivity index (χ4n) is 0.754. The summed E-state index contributed by atoms with van der Waals surface area (Å²) in [6, 6.07) is 0. The van der Waals surface area contributed by atoms with Crippen LogP contribution >= 0.6 is 81.6 Å². The average Bonchev–Trinajstić information content (AvgIpc) is 2.28. The van der Waals surface area contributed by atoms with Crippen molar-refractivity contribution in [1.29, 1.82) is 0 Å². The lowest BCUT2D eigenvalue weighted by Crippen LogP contribution is -2.51. The van der Waals surface area contributed by atoms with Crippen molar-refractivity contribution in [2.24, 2.45) is 4.40 Å². The number of halogens is 6. The van der Waals surface area contributed by atoms with Crippen molar-refractivity contribution in [2.75, 3.05) is 0 Å². The second kappa shape index (κ2) is 4.10. The molecule has 0 spiro atoms. The largest absolute Gasteiger partial charge is 0.452 e. The van der Waals surface area contributed by atoms with Crippen molar-refractivity contribution < 1.29 is 4.74 Å². The maximum Gasteiger partial charge on any atom is 0.269 e. The van der Waals surface area contributed by atoms with Gasteiger partial charge in [-0.1, -0.05) is 69.6 Å². The molecule has 0 N–H and O–H groups in total. The zero-order chi connectivity index (χ0) is 11.2. The first kappa shape index (κ1) is 13.6.